The summed E-state index contributed by atoms with van der Waals surface area (Å²) in [5.74, 6) is 0.896. The molecule has 1 aromatic heterocycles. The maximum Gasteiger partial charge on any atom is 0.128 e. The van der Waals surface area contributed by atoms with Gasteiger partial charge in [-0.15, -0.1) is 0 Å². The standard InChI is InChI=1S/C16H15BrN2O/c1-20-15-7-3-6-14-12(15)8-9-19(14)10-11-4-2-5-13(18)16(11)17/h2-9H,10,18H2,1H3. The molecule has 1 heterocycles. The monoisotopic (exact) mass is 330 g/mol. The van der Waals surface area contributed by atoms with Gasteiger partial charge in [0.15, 0.2) is 0 Å². The number of ether oxygens (including phenoxy) is 1. The number of nitrogens with two attached hydrogens (primary N) is 1. The third-order valence-corrected chi connectivity index (χ3v) is 4.41. The number of fused-ring (bicyclic) bond motifs is 1. The molecule has 3 nitrogen and oxygen atoms in total. The Bertz CT molecular complexity index is 764. The third-order valence-electron chi connectivity index (χ3n) is 3.44. The van der Waals surface area contributed by atoms with E-state index in [1.165, 1.54) is 0 Å². The molecule has 20 heavy (non-hydrogen) atoms. The first-order valence-corrected chi connectivity index (χ1v) is 7.14. The Balaban J connectivity index is 2.05. The second kappa shape index (κ2) is 5.21. The fourth-order valence-electron chi connectivity index (χ4n) is 2.42. The van der Waals surface area contributed by atoms with E-state index in [2.05, 4.69) is 44.9 Å². The second-order valence-electron chi connectivity index (χ2n) is 4.66. The molecule has 0 saturated heterocycles. The van der Waals surface area contributed by atoms with Crippen molar-refractivity contribution in [2.45, 2.75) is 6.54 Å². The van der Waals surface area contributed by atoms with Crippen LogP contribution in [0.25, 0.3) is 10.9 Å². The van der Waals surface area contributed by atoms with E-state index in [9.17, 15) is 0 Å². The molecule has 0 spiro atoms. The van der Waals surface area contributed by atoms with Crippen molar-refractivity contribution < 1.29 is 4.74 Å². The molecule has 4 heteroatoms. The molecule has 3 rings (SSSR count). The molecule has 0 aliphatic heterocycles. The third kappa shape index (κ3) is 2.16. The molecule has 0 unspecified atom stereocenters. The van der Waals surface area contributed by atoms with Gasteiger partial charge in [-0.05, 0) is 45.8 Å². The summed E-state index contributed by atoms with van der Waals surface area (Å²) in [4.78, 5) is 0. The molecule has 3 aromatic rings. The van der Waals surface area contributed by atoms with Crippen LogP contribution in [0.2, 0.25) is 0 Å². The van der Waals surface area contributed by atoms with Crippen molar-refractivity contribution in [3.63, 3.8) is 0 Å². The lowest BCUT2D eigenvalue weighted by atomic mass is 10.2. The van der Waals surface area contributed by atoms with E-state index in [0.29, 0.717) is 0 Å². The zero-order valence-corrected chi connectivity index (χ0v) is 12.7. The average Bonchev–Trinajstić information content (AvgIpc) is 2.87. The van der Waals surface area contributed by atoms with Crippen molar-refractivity contribution in [1.82, 2.24) is 4.57 Å². The van der Waals surface area contributed by atoms with Gasteiger partial charge in [-0.1, -0.05) is 18.2 Å². The quantitative estimate of drug-likeness (QED) is 0.736. The number of benzene rings is 2. The van der Waals surface area contributed by atoms with Gasteiger partial charge in [-0.25, -0.2) is 0 Å². The first kappa shape index (κ1) is 13.1. The summed E-state index contributed by atoms with van der Waals surface area (Å²) in [7, 11) is 1.70. The van der Waals surface area contributed by atoms with Crippen LogP contribution in [0.5, 0.6) is 5.75 Å². The number of anilines is 1. The van der Waals surface area contributed by atoms with Crippen LogP contribution in [0, 0.1) is 0 Å². The number of rotatable bonds is 3. The Labute approximate surface area is 126 Å². The minimum absolute atomic E-state index is 0.761. The molecule has 102 valence electrons. The summed E-state index contributed by atoms with van der Waals surface area (Å²) in [6.45, 7) is 0.766. The average molecular weight is 331 g/mol. The van der Waals surface area contributed by atoms with E-state index >= 15 is 0 Å². The topological polar surface area (TPSA) is 40.2 Å². The highest BCUT2D eigenvalue weighted by atomic mass is 79.9. The van der Waals surface area contributed by atoms with Gasteiger partial charge in [0.1, 0.15) is 5.75 Å². The molecule has 2 aromatic carbocycles. The number of halogens is 1. The highest BCUT2D eigenvalue weighted by Gasteiger charge is 2.08. The fourth-order valence-corrected chi connectivity index (χ4v) is 2.81. The van der Waals surface area contributed by atoms with Gasteiger partial charge in [-0.3, -0.25) is 0 Å². The molecule has 2 N–H and O–H groups in total. The van der Waals surface area contributed by atoms with Gasteiger partial charge in [0.05, 0.1) is 12.6 Å². The van der Waals surface area contributed by atoms with Gasteiger partial charge >= 0.3 is 0 Å². The van der Waals surface area contributed by atoms with Gasteiger partial charge in [0.2, 0.25) is 0 Å². The molecule has 0 atom stereocenters. The predicted molar refractivity (Wildman–Crippen MR) is 86.1 cm³/mol. The summed E-state index contributed by atoms with van der Waals surface area (Å²) >= 11 is 3.56. The molecule has 0 bridgehead atoms. The van der Waals surface area contributed by atoms with Crippen LogP contribution in [0.4, 0.5) is 5.69 Å². The Morgan fingerprint density at radius 2 is 1.95 bits per heavy atom. The molecule has 0 saturated carbocycles. The highest BCUT2D eigenvalue weighted by Crippen LogP contribution is 2.29. The van der Waals surface area contributed by atoms with E-state index in [-0.39, 0.29) is 0 Å². The smallest absolute Gasteiger partial charge is 0.128 e. The van der Waals surface area contributed by atoms with E-state index in [4.69, 9.17) is 10.5 Å². The first-order valence-electron chi connectivity index (χ1n) is 6.35. The Kier molecular flexibility index (Phi) is 3.40. The summed E-state index contributed by atoms with van der Waals surface area (Å²) in [6, 6.07) is 14.1. The number of aromatic nitrogens is 1. The lowest BCUT2D eigenvalue weighted by molar-refractivity contribution is 0.420. The van der Waals surface area contributed by atoms with Crippen LogP contribution in [-0.2, 0) is 6.54 Å². The summed E-state index contributed by atoms with van der Waals surface area (Å²) < 4.78 is 8.55. The Morgan fingerprint density at radius 1 is 1.15 bits per heavy atom. The Hall–Kier alpha value is -1.94. The zero-order chi connectivity index (χ0) is 14.1. The van der Waals surface area contributed by atoms with Gasteiger partial charge < -0.3 is 15.0 Å². The highest BCUT2D eigenvalue weighted by molar-refractivity contribution is 9.10. The van der Waals surface area contributed by atoms with Gasteiger partial charge in [0, 0.05) is 28.3 Å². The zero-order valence-electron chi connectivity index (χ0n) is 11.1. The minimum atomic E-state index is 0.761. The normalized spacial score (nSPS) is 10.9. The van der Waals surface area contributed by atoms with Crippen molar-refractivity contribution in [3.05, 3.63) is 58.7 Å². The van der Waals surface area contributed by atoms with Crippen molar-refractivity contribution in [2.24, 2.45) is 0 Å². The summed E-state index contributed by atoms with van der Waals surface area (Å²) in [5.41, 5.74) is 9.00. The van der Waals surface area contributed by atoms with Crippen LogP contribution in [0.1, 0.15) is 5.56 Å². The number of hydrogen-bond donors (Lipinski definition) is 1. The van der Waals surface area contributed by atoms with Crippen molar-refractivity contribution in [2.75, 3.05) is 12.8 Å². The number of methoxy groups -OCH3 is 1. The minimum Gasteiger partial charge on any atom is -0.496 e. The largest absolute Gasteiger partial charge is 0.496 e. The molecular formula is C16H15BrN2O. The first-order chi connectivity index (χ1) is 9.70. The molecule has 0 aliphatic rings. The van der Waals surface area contributed by atoms with Crippen LogP contribution < -0.4 is 10.5 Å². The fraction of sp³-hybridized carbons (Fsp3) is 0.125. The predicted octanol–water partition coefficient (Wildman–Crippen LogP) is 4.04. The van der Waals surface area contributed by atoms with Crippen LogP contribution in [0.15, 0.2) is 53.1 Å². The second-order valence-corrected chi connectivity index (χ2v) is 5.45. The van der Waals surface area contributed by atoms with Crippen molar-refractivity contribution >= 4 is 32.5 Å². The number of nitrogen functional groups attached to an aromatic ring is 1. The molecule has 0 amide bonds. The SMILES string of the molecule is COc1cccc2c1ccn2Cc1cccc(N)c1Br. The van der Waals surface area contributed by atoms with E-state index < -0.39 is 0 Å². The number of nitrogens with zero attached hydrogens (tertiary/aromatic N) is 1. The lowest BCUT2D eigenvalue weighted by Gasteiger charge is -2.10. The maximum atomic E-state index is 5.93. The van der Waals surface area contributed by atoms with E-state index in [1.807, 2.05) is 24.3 Å². The molecule has 0 fully saturated rings. The molecular weight excluding hydrogens is 316 g/mol. The Morgan fingerprint density at radius 3 is 2.75 bits per heavy atom. The van der Waals surface area contributed by atoms with E-state index in [1.54, 1.807) is 7.11 Å². The lowest BCUT2D eigenvalue weighted by Crippen LogP contribution is -2.00. The van der Waals surface area contributed by atoms with Gasteiger partial charge in [0.25, 0.3) is 0 Å². The summed E-state index contributed by atoms with van der Waals surface area (Å²) in [5, 5.41) is 1.12. The van der Waals surface area contributed by atoms with Crippen LogP contribution >= 0.6 is 15.9 Å². The number of hydrogen-bond acceptors (Lipinski definition) is 2. The van der Waals surface area contributed by atoms with Crippen molar-refractivity contribution in [1.29, 1.82) is 0 Å². The molecule has 0 radical (unpaired) electrons. The molecule has 0 aliphatic carbocycles. The van der Waals surface area contributed by atoms with Crippen LogP contribution in [-0.4, -0.2) is 11.7 Å². The maximum absolute atomic E-state index is 5.93. The van der Waals surface area contributed by atoms with Crippen LogP contribution in [0.3, 0.4) is 0 Å². The van der Waals surface area contributed by atoms with E-state index in [0.717, 1.165) is 38.9 Å². The van der Waals surface area contributed by atoms with Crippen molar-refractivity contribution in [3.8, 4) is 5.75 Å². The van der Waals surface area contributed by atoms with Gasteiger partial charge in [-0.2, -0.15) is 0 Å². The summed E-state index contributed by atoms with van der Waals surface area (Å²) in [6.07, 6.45) is 2.07.